The van der Waals surface area contributed by atoms with Crippen molar-refractivity contribution in [1.29, 1.82) is 0 Å². The van der Waals surface area contributed by atoms with E-state index in [1.54, 1.807) is 12.1 Å². The van der Waals surface area contributed by atoms with E-state index in [-0.39, 0.29) is 29.6 Å². The third kappa shape index (κ3) is 7.28. The van der Waals surface area contributed by atoms with Gasteiger partial charge in [-0.25, -0.2) is 4.79 Å². The number of ketones is 1. The Morgan fingerprint density at radius 2 is 1.79 bits per heavy atom. The van der Waals surface area contributed by atoms with Crippen molar-refractivity contribution in [3.63, 3.8) is 0 Å². The van der Waals surface area contributed by atoms with Gasteiger partial charge in [0.2, 0.25) is 0 Å². The monoisotopic (exact) mass is 457 g/mol. The van der Waals surface area contributed by atoms with Crippen LogP contribution >= 0.6 is 0 Å². The van der Waals surface area contributed by atoms with Crippen LogP contribution in [0.25, 0.3) is 0 Å². The molecule has 0 bridgehead atoms. The van der Waals surface area contributed by atoms with Crippen LogP contribution in [0.4, 0.5) is 4.79 Å². The summed E-state index contributed by atoms with van der Waals surface area (Å²) < 4.78 is 0. The predicted molar refractivity (Wildman–Crippen MR) is 115 cm³/mol. The standard InChI is InChI=1S/C24H25N3O5.Na/c1-15-4-3-5-17(12-15)13-16-6-8-18(9-7-16)19(14-21(29)30)25-24(32)26-22-20(28)10-11-27(2)23(22)31;/h3-12,19,22H,13-14H2,1-2H3,(H,29,30)(H2,25,26,32);/q;+1/p-1/t19-,22?;/m0./s1. The second kappa shape index (κ2) is 11.8. The van der Waals surface area contributed by atoms with E-state index in [0.717, 1.165) is 11.1 Å². The van der Waals surface area contributed by atoms with Gasteiger partial charge in [0.15, 0.2) is 11.8 Å². The molecule has 33 heavy (non-hydrogen) atoms. The third-order valence-corrected chi connectivity index (χ3v) is 5.17. The van der Waals surface area contributed by atoms with Crippen LogP contribution in [0.2, 0.25) is 0 Å². The number of hydrogen-bond donors (Lipinski definition) is 2. The quantitative estimate of drug-likeness (QED) is 0.368. The Bertz CT molecular complexity index is 1070. The number of hydrogen-bond acceptors (Lipinski definition) is 5. The molecule has 1 heterocycles. The topological polar surface area (TPSA) is 119 Å². The number of aryl methyl sites for hydroxylation is 1. The molecular weight excluding hydrogens is 433 g/mol. The van der Waals surface area contributed by atoms with Crippen molar-refractivity contribution in [2.75, 3.05) is 7.05 Å². The molecule has 8 nitrogen and oxygen atoms in total. The Hall–Kier alpha value is -2.94. The minimum absolute atomic E-state index is 0. The first-order chi connectivity index (χ1) is 15.2. The van der Waals surface area contributed by atoms with Crippen LogP contribution in [0, 0.1) is 6.92 Å². The fourth-order valence-electron chi connectivity index (χ4n) is 3.49. The first-order valence-electron chi connectivity index (χ1n) is 10.1. The van der Waals surface area contributed by atoms with Gasteiger partial charge in [-0.1, -0.05) is 54.1 Å². The maximum Gasteiger partial charge on any atom is 1.00 e. The van der Waals surface area contributed by atoms with E-state index in [9.17, 15) is 24.3 Å². The Labute approximate surface area is 214 Å². The Kier molecular flexibility index (Phi) is 9.40. The second-order valence-corrected chi connectivity index (χ2v) is 7.75. The normalized spacial score (nSPS) is 16.1. The third-order valence-electron chi connectivity index (χ3n) is 5.17. The summed E-state index contributed by atoms with van der Waals surface area (Å²) in [6.45, 7) is 2.02. The number of benzene rings is 2. The number of carboxylic acids is 1. The van der Waals surface area contributed by atoms with E-state index in [2.05, 4.69) is 16.7 Å². The van der Waals surface area contributed by atoms with Crippen LogP contribution in [0.5, 0.6) is 0 Å². The molecule has 1 unspecified atom stereocenters. The summed E-state index contributed by atoms with van der Waals surface area (Å²) in [6.07, 6.45) is 2.76. The maximum absolute atomic E-state index is 12.4. The smallest absolute Gasteiger partial charge is 0.550 e. The van der Waals surface area contributed by atoms with Crippen LogP contribution in [0.3, 0.4) is 0 Å². The Morgan fingerprint density at radius 1 is 1.09 bits per heavy atom. The molecule has 1 aliphatic rings. The molecule has 0 saturated carbocycles. The molecule has 166 valence electrons. The van der Waals surface area contributed by atoms with Gasteiger partial charge in [0.05, 0.1) is 6.04 Å². The summed E-state index contributed by atoms with van der Waals surface area (Å²) in [4.78, 5) is 48.9. The molecule has 0 aromatic heterocycles. The van der Waals surface area contributed by atoms with E-state index in [1.807, 2.05) is 37.3 Å². The Morgan fingerprint density at radius 3 is 2.42 bits per heavy atom. The van der Waals surface area contributed by atoms with E-state index in [0.29, 0.717) is 12.0 Å². The van der Waals surface area contributed by atoms with Gasteiger partial charge in [-0.3, -0.25) is 9.59 Å². The van der Waals surface area contributed by atoms with E-state index in [1.165, 1.54) is 29.8 Å². The number of aliphatic carboxylic acids is 1. The van der Waals surface area contributed by atoms with Gasteiger partial charge in [-0.15, -0.1) is 0 Å². The minimum Gasteiger partial charge on any atom is -0.550 e. The van der Waals surface area contributed by atoms with Crippen molar-refractivity contribution < 1.29 is 53.8 Å². The summed E-state index contributed by atoms with van der Waals surface area (Å²) in [5.41, 5.74) is 3.92. The summed E-state index contributed by atoms with van der Waals surface area (Å²) in [7, 11) is 1.47. The molecule has 2 aromatic rings. The number of carboxylic acid groups (broad SMARTS) is 1. The first kappa shape index (κ1) is 26.3. The molecule has 0 radical (unpaired) electrons. The molecule has 0 fully saturated rings. The number of amides is 3. The van der Waals surface area contributed by atoms with E-state index < -0.39 is 42.2 Å². The molecule has 0 spiro atoms. The molecule has 0 aliphatic carbocycles. The first-order valence-corrected chi connectivity index (χ1v) is 10.1. The van der Waals surface area contributed by atoms with Gasteiger partial charge in [-0.2, -0.15) is 0 Å². The number of nitrogens with one attached hydrogen (secondary N) is 2. The molecule has 2 N–H and O–H groups in total. The second-order valence-electron chi connectivity index (χ2n) is 7.75. The fourth-order valence-corrected chi connectivity index (χ4v) is 3.49. The van der Waals surface area contributed by atoms with Crippen LogP contribution < -0.4 is 45.3 Å². The summed E-state index contributed by atoms with van der Waals surface area (Å²) in [5, 5.41) is 16.1. The maximum atomic E-state index is 12.4. The summed E-state index contributed by atoms with van der Waals surface area (Å²) in [6, 6.07) is 12.3. The summed E-state index contributed by atoms with van der Waals surface area (Å²) in [5.74, 6) is -2.48. The van der Waals surface area contributed by atoms with Crippen molar-refractivity contribution in [2.24, 2.45) is 0 Å². The van der Waals surface area contributed by atoms with E-state index in [4.69, 9.17) is 0 Å². The molecule has 0 saturated heterocycles. The SMILES string of the molecule is Cc1cccc(Cc2ccc([C@H](CC(=O)[O-])NC(=O)NC3C(=O)C=CN(C)C3=O)cc2)c1.[Na+]. The number of carbonyl (C=O) groups is 4. The largest absolute Gasteiger partial charge is 1.00 e. The van der Waals surface area contributed by atoms with Gasteiger partial charge >= 0.3 is 35.6 Å². The molecule has 3 rings (SSSR count). The zero-order valence-electron chi connectivity index (χ0n) is 18.8. The number of carbonyl (C=O) groups excluding carboxylic acids is 4. The van der Waals surface area contributed by atoms with Crippen molar-refractivity contribution in [2.45, 2.75) is 31.8 Å². The minimum atomic E-state index is -1.36. The van der Waals surface area contributed by atoms with Gasteiger partial charge in [0.25, 0.3) is 5.91 Å². The van der Waals surface area contributed by atoms with Gasteiger partial charge in [0.1, 0.15) is 0 Å². The zero-order chi connectivity index (χ0) is 23.3. The van der Waals surface area contributed by atoms with Crippen molar-refractivity contribution in [3.05, 3.63) is 83.1 Å². The van der Waals surface area contributed by atoms with Crippen LogP contribution in [-0.4, -0.2) is 41.7 Å². The van der Waals surface area contributed by atoms with Crippen LogP contribution in [-0.2, 0) is 20.8 Å². The average Bonchev–Trinajstić information content (AvgIpc) is 2.74. The van der Waals surface area contributed by atoms with Gasteiger partial charge in [-0.05, 0) is 30.0 Å². The fraction of sp³-hybridized carbons (Fsp3) is 0.250. The van der Waals surface area contributed by atoms with Crippen molar-refractivity contribution in [3.8, 4) is 0 Å². The predicted octanol–water partition coefficient (Wildman–Crippen LogP) is -2.01. The Balaban J connectivity index is 0.00000385. The molecule has 1 aliphatic heterocycles. The molecular formula is C24H24N3NaO5. The molecule has 9 heteroatoms. The number of nitrogens with zero attached hydrogens (tertiary/aromatic N) is 1. The van der Waals surface area contributed by atoms with Crippen molar-refractivity contribution >= 4 is 23.7 Å². The van der Waals surface area contributed by atoms with Crippen LogP contribution in [0.15, 0.2) is 60.8 Å². The van der Waals surface area contributed by atoms with Crippen molar-refractivity contribution in [1.82, 2.24) is 15.5 Å². The molecule has 3 amide bonds. The molecule has 2 atom stereocenters. The van der Waals surface area contributed by atoms with Gasteiger partial charge in [0, 0.05) is 31.7 Å². The van der Waals surface area contributed by atoms with Crippen LogP contribution in [0.1, 0.15) is 34.7 Å². The zero-order valence-corrected chi connectivity index (χ0v) is 20.8. The molecule has 2 aromatic carbocycles. The number of urea groups is 1. The average molecular weight is 457 g/mol. The van der Waals surface area contributed by atoms with E-state index >= 15 is 0 Å². The summed E-state index contributed by atoms with van der Waals surface area (Å²) >= 11 is 0. The number of rotatable bonds is 7. The van der Waals surface area contributed by atoms with Gasteiger partial charge < -0.3 is 25.4 Å². The number of likely N-dealkylation sites (N-methyl/N-ethyl adjacent to an activating group) is 1.